The van der Waals surface area contributed by atoms with Gasteiger partial charge in [0.15, 0.2) is 18.1 Å². The van der Waals surface area contributed by atoms with E-state index in [0.717, 1.165) is 6.42 Å². The van der Waals surface area contributed by atoms with E-state index in [4.69, 9.17) is 31.5 Å². The van der Waals surface area contributed by atoms with Crippen LogP contribution in [0.2, 0.25) is 5.02 Å². The molecule has 0 spiro atoms. The molecule has 1 aliphatic heterocycles. The molecule has 0 atom stereocenters. The first-order valence-corrected chi connectivity index (χ1v) is 8.32. The van der Waals surface area contributed by atoms with Gasteiger partial charge in [-0.2, -0.15) is 0 Å². The summed E-state index contributed by atoms with van der Waals surface area (Å²) in [6, 6.07) is 9.56. The molecule has 7 nitrogen and oxygen atoms in total. The first-order valence-electron chi connectivity index (χ1n) is 7.94. The van der Waals surface area contributed by atoms with Crippen LogP contribution in [-0.2, 0) is 4.79 Å². The summed E-state index contributed by atoms with van der Waals surface area (Å²) >= 11 is 5.84. The van der Waals surface area contributed by atoms with E-state index in [1.807, 2.05) is 0 Å². The van der Waals surface area contributed by atoms with Crippen LogP contribution >= 0.6 is 11.6 Å². The second kappa shape index (κ2) is 7.97. The SMILES string of the molecule is NC(=O)c1cc(Cl)ccc1OCC(=O)Nc1ccc2c(c1)OCCCO2. The molecule has 3 N–H and O–H groups in total. The topological polar surface area (TPSA) is 99.9 Å². The van der Waals surface area contributed by atoms with E-state index in [0.29, 0.717) is 35.4 Å². The minimum atomic E-state index is -0.689. The Balaban J connectivity index is 1.63. The molecular weight excluding hydrogens is 360 g/mol. The van der Waals surface area contributed by atoms with Crippen LogP contribution in [0.1, 0.15) is 16.8 Å². The van der Waals surface area contributed by atoms with Gasteiger partial charge in [-0.3, -0.25) is 9.59 Å². The van der Waals surface area contributed by atoms with Crippen molar-refractivity contribution in [1.29, 1.82) is 0 Å². The molecule has 136 valence electrons. The number of nitrogens with one attached hydrogen (secondary N) is 1. The van der Waals surface area contributed by atoms with Crippen molar-refractivity contribution in [3.05, 3.63) is 47.0 Å². The Hall–Kier alpha value is -2.93. The quantitative estimate of drug-likeness (QED) is 0.835. The number of hydrogen-bond acceptors (Lipinski definition) is 5. The van der Waals surface area contributed by atoms with Gasteiger partial charge in [-0.25, -0.2) is 0 Å². The zero-order valence-corrected chi connectivity index (χ0v) is 14.5. The van der Waals surface area contributed by atoms with Crippen molar-refractivity contribution in [3.63, 3.8) is 0 Å². The molecule has 0 unspecified atom stereocenters. The summed E-state index contributed by atoms with van der Waals surface area (Å²) in [6.45, 7) is 0.853. The third-order valence-corrected chi connectivity index (χ3v) is 3.83. The number of rotatable bonds is 5. The van der Waals surface area contributed by atoms with Crippen LogP contribution in [0.15, 0.2) is 36.4 Å². The first-order chi connectivity index (χ1) is 12.5. The van der Waals surface area contributed by atoms with Crippen molar-refractivity contribution in [2.75, 3.05) is 25.1 Å². The van der Waals surface area contributed by atoms with Crippen molar-refractivity contribution >= 4 is 29.1 Å². The molecule has 0 fully saturated rings. The van der Waals surface area contributed by atoms with Crippen LogP contribution in [0.5, 0.6) is 17.2 Å². The Morgan fingerprint density at radius 3 is 2.65 bits per heavy atom. The van der Waals surface area contributed by atoms with Crippen LogP contribution in [0.4, 0.5) is 5.69 Å². The van der Waals surface area contributed by atoms with Crippen molar-refractivity contribution < 1.29 is 23.8 Å². The highest BCUT2D eigenvalue weighted by Crippen LogP contribution is 2.32. The predicted octanol–water partition coefficient (Wildman–Crippen LogP) is 2.62. The normalized spacial score (nSPS) is 12.8. The maximum atomic E-state index is 12.1. The zero-order valence-electron chi connectivity index (χ0n) is 13.8. The number of halogens is 1. The van der Waals surface area contributed by atoms with Crippen molar-refractivity contribution in [1.82, 2.24) is 0 Å². The molecule has 0 bridgehead atoms. The standard InChI is InChI=1S/C18H17ClN2O5/c19-11-2-4-14(13(8-11)18(20)23)26-10-17(22)21-12-3-5-15-16(9-12)25-7-1-6-24-15/h2-5,8-9H,1,6-7,10H2,(H2,20,23)(H,21,22). The van der Waals surface area contributed by atoms with Crippen molar-refractivity contribution in [2.45, 2.75) is 6.42 Å². The minimum absolute atomic E-state index is 0.112. The molecule has 0 aromatic heterocycles. The molecule has 0 aliphatic carbocycles. The van der Waals surface area contributed by atoms with Gasteiger partial charge in [0, 0.05) is 23.2 Å². The Morgan fingerprint density at radius 2 is 1.88 bits per heavy atom. The van der Waals surface area contributed by atoms with Crippen LogP contribution in [0, 0.1) is 0 Å². The minimum Gasteiger partial charge on any atom is -0.490 e. The summed E-state index contributed by atoms with van der Waals surface area (Å²) in [4.78, 5) is 23.6. The lowest BCUT2D eigenvalue weighted by molar-refractivity contribution is -0.118. The Kier molecular flexibility index (Phi) is 5.48. The maximum Gasteiger partial charge on any atom is 0.262 e. The van der Waals surface area contributed by atoms with Crippen LogP contribution < -0.4 is 25.3 Å². The number of carbonyl (C=O) groups excluding carboxylic acids is 2. The largest absolute Gasteiger partial charge is 0.490 e. The van der Waals surface area contributed by atoms with Gasteiger partial charge in [-0.05, 0) is 30.3 Å². The van der Waals surface area contributed by atoms with Gasteiger partial charge in [-0.15, -0.1) is 0 Å². The molecule has 2 aromatic rings. The van der Waals surface area contributed by atoms with Gasteiger partial charge in [0.2, 0.25) is 0 Å². The number of benzene rings is 2. The Labute approximate surface area is 155 Å². The highest BCUT2D eigenvalue weighted by atomic mass is 35.5. The van der Waals surface area contributed by atoms with Gasteiger partial charge >= 0.3 is 0 Å². The number of hydrogen-bond donors (Lipinski definition) is 2. The number of anilines is 1. The van der Waals surface area contributed by atoms with E-state index in [9.17, 15) is 9.59 Å². The molecule has 26 heavy (non-hydrogen) atoms. The average Bonchev–Trinajstić information content (AvgIpc) is 2.85. The smallest absolute Gasteiger partial charge is 0.262 e. The van der Waals surface area contributed by atoms with Gasteiger partial charge in [-0.1, -0.05) is 11.6 Å². The summed E-state index contributed by atoms with van der Waals surface area (Å²) in [5.74, 6) is 0.324. The molecule has 0 saturated heterocycles. The van der Waals surface area contributed by atoms with E-state index in [1.54, 1.807) is 24.3 Å². The fourth-order valence-corrected chi connectivity index (χ4v) is 2.57. The molecule has 0 radical (unpaired) electrons. The first kappa shape index (κ1) is 17.9. The predicted molar refractivity (Wildman–Crippen MR) is 96.1 cm³/mol. The second-order valence-electron chi connectivity index (χ2n) is 5.55. The number of carbonyl (C=O) groups is 2. The monoisotopic (exact) mass is 376 g/mol. The number of amides is 2. The summed E-state index contributed by atoms with van der Waals surface area (Å²) in [5, 5.41) is 3.05. The highest BCUT2D eigenvalue weighted by Gasteiger charge is 2.14. The number of ether oxygens (including phenoxy) is 3. The lowest BCUT2D eigenvalue weighted by atomic mass is 10.2. The summed E-state index contributed by atoms with van der Waals surface area (Å²) in [5.41, 5.74) is 5.95. The summed E-state index contributed by atoms with van der Waals surface area (Å²) < 4.78 is 16.5. The fourth-order valence-electron chi connectivity index (χ4n) is 2.40. The molecule has 1 heterocycles. The average molecular weight is 377 g/mol. The summed E-state index contributed by atoms with van der Waals surface area (Å²) in [7, 11) is 0. The van der Waals surface area contributed by atoms with Crippen molar-refractivity contribution in [3.8, 4) is 17.2 Å². The lowest BCUT2D eigenvalue weighted by Crippen LogP contribution is -2.21. The third kappa shape index (κ3) is 4.37. The Bertz CT molecular complexity index is 840. The molecule has 8 heteroatoms. The molecule has 0 saturated carbocycles. The van der Waals surface area contributed by atoms with E-state index < -0.39 is 11.8 Å². The van der Waals surface area contributed by atoms with Crippen LogP contribution in [-0.4, -0.2) is 31.6 Å². The van der Waals surface area contributed by atoms with Crippen LogP contribution in [0.25, 0.3) is 0 Å². The van der Waals surface area contributed by atoms with Gasteiger partial charge in [0.25, 0.3) is 11.8 Å². The van der Waals surface area contributed by atoms with Gasteiger partial charge in [0.1, 0.15) is 5.75 Å². The van der Waals surface area contributed by atoms with Gasteiger partial charge in [0.05, 0.1) is 18.8 Å². The molecular formula is C18H17ClN2O5. The molecule has 1 aliphatic rings. The summed E-state index contributed by atoms with van der Waals surface area (Å²) in [6.07, 6.45) is 0.799. The highest BCUT2D eigenvalue weighted by molar-refractivity contribution is 6.31. The van der Waals surface area contributed by atoms with E-state index in [1.165, 1.54) is 12.1 Å². The Morgan fingerprint density at radius 1 is 1.12 bits per heavy atom. The van der Waals surface area contributed by atoms with Gasteiger partial charge < -0.3 is 25.3 Å². The fraction of sp³-hybridized carbons (Fsp3) is 0.222. The van der Waals surface area contributed by atoms with E-state index in [2.05, 4.69) is 5.32 Å². The molecule has 2 amide bonds. The number of nitrogens with two attached hydrogens (primary N) is 1. The molecule has 3 rings (SSSR count). The number of fused-ring (bicyclic) bond motifs is 1. The maximum absolute atomic E-state index is 12.1. The van der Waals surface area contributed by atoms with E-state index in [-0.39, 0.29) is 17.9 Å². The third-order valence-electron chi connectivity index (χ3n) is 3.60. The number of primary amides is 1. The second-order valence-corrected chi connectivity index (χ2v) is 5.99. The lowest BCUT2D eigenvalue weighted by Gasteiger charge is -2.12. The zero-order chi connectivity index (χ0) is 18.5. The molecule has 2 aromatic carbocycles. The van der Waals surface area contributed by atoms with Crippen molar-refractivity contribution in [2.24, 2.45) is 5.73 Å². The van der Waals surface area contributed by atoms with Crippen LogP contribution in [0.3, 0.4) is 0 Å². The van der Waals surface area contributed by atoms with E-state index >= 15 is 0 Å².